The largest absolute Gasteiger partial charge is 0.313 e. The van der Waals surface area contributed by atoms with Gasteiger partial charge in [-0.15, -0.1) is 0 Å². The number of rotatable bonds is 6. The highest BCUT2D eigenvalue weighted by atomic mass is 15.6. The van der Waals surface area contributed by atoms with Gasteiger partial charge >= 0.3 is 0 Å². The van der Waals surface area contributed by atoms with Gasteiger partial charge in [0.2, 0.25) is 0 Å². The van der Waals surface area contributed by atoms with Gasteiger partial charge in [0.15, 0.2) is 0 Å². The molecule has 0 saturated heterocycles. The number of hydrazine groups is 1. The highest BCUT2D eigenvalue weighted by Crippen LogP contribution is 2.10. The minimum atomic E-state index is 1.06. The van der Waals surface area contributed by atoms with Gasteiger partial charge in [0, 0.05) is 25.8 Å². The average molecular weight is 181 g/mol. The Bertz CT molecular complexity index is 154. The Morgan fingerprint density at radius 1 is 1.31 bits per heavy atom. The summed E-state index contributed by atoms with van der Waals surface area (Å²) < 4.78 is 0. The van der Waals surface area contributed by atoms with Crippen molar-refractivity contribution in [3.63, 3.8) is 0 Å². The van der Waals surface area contributed by atoms with Gasteiger partial charge in [0.1, 0.15) is 0 Å². The Hall–Kier alpha value is -0.500. The molecule has 1 aliphatic heterocycles. The third kappa shape index (κ3) is 3.39. The molecular weight excluding hydrogens is 160 g/mol. The van der Waals surface area contributed by atoms with Gasteiger partial charge in [-0.05, 0) is 12.8 Å². The predicted molar refractivity (Wildman–Crippen MR) is 56.9 cm³/mol. The van der Waals surface area contributed by atoms with Crippen LogP contribution in [-0.4, -0.2) is 29.7 Å². The first-order valence-corrected chi connectivity index (χ1v) is 5.36. The average Bonchev–Trinajstić information content (AvgIpc) is 2.54. The molecule has 0 unspecified atom stereocenters. The third-order valence-corrected chi connectivity index (χ3v) is 2.33. The normalized spacial score (nSPS) is 17.2. The van der Waals surface area contributed by atoms with E-state index in [-0.39, 0.29) is 0 Å². The Labute approximate surface area is 82.2 Å². The summed E-state index contributed by atoms with van der Waals surface area (Å²) in [7, 11) is 0. The van der Waals surface area contributed by atoms with Crippen LogP contribution in [0.5, 0.6) is 0 Å². The van der Waals surface area contributed by atoms with E-state index in [1.807, 2.05) is 0 Å². The first-order valence-electron chi connectivity index (χ1n) is 5.36. The SMILES string of the molecule is [CH2]CCCCN1C=CCN1CCC. The molecule has 0 spiro atoms. The third-order valence-electron chi connectivity index (χ3n) is 2.33. The molecule has 1 rings (SSSR count). The van der Waals surface area contributed by atoms with Crippen LogP contribution in [0.3, 0.4) is 0 Å². The lowest BCUT2D eigenvalue weighted by molar-refractivity contribution is 0.0506. The van der Waals surface area contributed by atoms with Crippen LogP contribution in [0.15, 0.2) is 12.3 Å². The maximum Gasteiger partial charge on any atom is 0.0379 e. The van der Waals surface area contributed by atoms with Gasteiger partial charge in [-0.1, -0.05) is 32.8 Å². The molecule has 0 saturated carbocycles. The quantitative estimate of drug-likeness (QED) is 0.581. The fourth-order valence-corrected chi connectivity index (χ4v) is 1.63. The molecule has 0 atom stereocenters. The van der Waals surface area contributed by atoms with E-state index < -0.39 is 0 Å². The van der Waals surface area contributed by atoms with E-state index in [4.69, 9.17) is 0 Å². The smallest absolute Gasteiger partial charge is 0.0379 e. The molecule has 0 fully saturated rings. The van der Waals surface area contributed by atoms with E-state index in [1.54, 1.807) is 0 Å². The summed E-state index contributed by atoms with van der Waals surface area (Å²) in [6.45, 7) is 9.52. The van der Waals surface area contributed by atoms with Crippen molar-refractivity contribution < 1.29 is 0 Å². The van der Waals surface area contributed by atoms with Gasteiger partial charge in [-0.25, -0.2) is 5.01 Å². The summed E-state index contributed by atoms with van der Waals surface area (Å²) in [6, 6.07) is 0. The van der Waals surface area contributed by atoms with E-state index in [0.717, 1.165) is 19.5 Å². The van der Waals surface area contributed by atoms with Crippen LogP contribution in [0.4, 0.5) is 0 Å². The fraction of sp³-hybridized carbons (Fsp3) is 0.727. The van der Waals surface area contributed by atoms with Crippen molar-refractivity contribution in [3.8, 4) is 0 Å². The van der Waals surface area contributed by atoms with Gasteiger partial charge < -0.3 is 5.01 Å². The minimum absolute atomic E-state index is 1.06. The highest BCUT2D eigenvalue weighted by molar-refractivity contribution is 4.91. The Balaban J connectivity index is 2.18. The lowest BCUT2D eigenvalue weighted by atomic mass is 10.2. The van der Waals surface area contributed by atoms with Crippen LogP contribution >= 0.6 is 0 Å². The fourth-order valence-electron chi connectivity index (χ4n) is 1.63. The maximum absolute atomic E-state index is 3.86. The molecule has 0 N–H and O–H groups in total. The molecule has 2 nitrogen and oxygen atoms in total. The van der Waals surface area contributed by atoms with Crippen molar-refractivity contribution in [1.29, 1.82) is 0 Å². The Morgan fingerprint density at radius 3 is 2.85 bits per heavy atom. The van der Waals surface area contributed by atoms with Crippen molar-refractivity contribution in [1.82, 2.24) is 10.0 Å². The molecule has 1 aliphatic rings. The van der Waals surface area contributed by atoms with Gasteiger partial charge in [0.25, 0.3) is 0 Å². The summed E-state index contributed by atoms with van der Waals surface area (Å²) in [6.07, 6.45) is 9.23. The van der Waals surface area contributed by atoms with Crippen LogP contribution in [0.1, 0.15) is 32.6 Å². The summed E-state index contributed by atoms with van der Waals surface area (Å²) in [5, 5.41) is 4.75. The van der Waals surface area contributed by atoms with Crippen LogP contribution < -0.4 is 0 Å². The number of hydrogen-bond acceptors (Lipinski definition) is 2. The second-order valence-electron chi connectivity index (χ2n) is 3.52. The van der Waals surface area contributed by atoms with Crippen LogP contribution in [0.2, 0.25) is 0 Å². The van der Waals surface area contributed by atoms with Crippen molar-refractivity contribution in [2.45, 2.75) is 32.6 Å². The number of nitrogens with zero attached hydrogens (tertiary/aromatic N) is 2. The van der Waals surface area contributed by atoms with E-state index >= 15 is 0 Å². The molecule has 0 aliphatic carbocycles. The minimum Gasteiger partial charge on any atom is -0.313 e. The maximum atomic E-state index is 3.86. The predicted octanol–water partition coefficient (Wildman–Crippen LogP) is 2.45. The summed E-state index contributed by atoms with van der Waals surface area (Å²) in [5.74, 6) is 0. The zero-order valence-corrected chi connectivity index (χ0v) is 8.71. The molecule has 13 heavy (non-hydrogen) atoms. The molecule has 1 radical (unpaired) electrons. The van der Waals surface area contributed by atoms with Gasteiger partial charge in [0.05, 0.1) is 0 Å². The van der Waals surface area contributed by atoms with Crippen LogP contribution in [-0.2, 0) is 0 Å². The van der Waals surface area contributed by atoms with Crippen molar-refractivity contribution in [3.05, 3.63) is 19.2 Å². The first kappa shape index (κ1) is 10.6. The monoisotopic (exact) mass is 181 g/mol. The lowest BCUT2D eigenvalue weighted by Crippen LogP contribution is -2.36. The van der Waals surface area contributed by atoms with Crippen LogP contribution in [0.25, 0.3) is 0 Å². The summed E-state index contributed by atoms with van der Waals surface area (Å²) in [5.41, 5.74) is 0. The molecule has 75 valence electrons. The molecule has 0 aromatic rings. The second-order valence-corrected chi connectivity index (χ2v) is 3.52. The molecule has 1 heterocycles. The topological polar surface area (TPSA) is 6.48 Å². The van der Waals surface area contributed by atoms with Gasteiger partial charge in [-0.2, -0.15) is 0 Å². The highest BCUT2D eigenvalue weighted by Gasteiger charge is 2.13. The zero-order chi connectivity index (χ0) is 9.52. The molecule has 2 heteroatoms. The van der Waals surface area contributed by atoms with Crippen molar-refractivity contribution in [2.75, 3.05) is 19.6 Å². The van der Waals surface area contributed by atoms with E-state index in [0.29, 0.717) is 0 Å². The summed E-state index contributed by atoms with van der Waals surface area (Å²) >= 11 is 0. The van der Waals surface area contributed by atoms with E-state index in [1.165, 1.54) is 25.8 Å². The first-order chi connectivity index (χ1) is 6.38. The van der Waals surface area contributed by atoms with Crippen molar-refractivity contribution in [2.24, 2.45) is 0 Å². The Morgan fingerprint density at radius 2 is 2.15 bits per heavy atom. The zero-order valence-electron chi connectivity index (χ0n) is 8.71. The number of hydrogen-bond donors (Lipinski definition) is 0. The molecule has 0 bridgehead atoms. The summed E-state index contributed by atoms with van der Waals surface area (Å²) in [4.78, 5) is 0. The molecule has 0 amide bonds. The lowest BCUT2D eigenvalue weighted by Gasteiger charge is -2.28. The second kappa shape index (κ2) is 6.03. The van der Waals surface area contributed by atoms with Gasteiger partial charge in [-0.3, -0.25) is 0 Å². The van der Waals surface area contributed by atoms with Crippen LogP contribution in [0, 0.1) is 6.92 Å². The van der Waals surface area contributed by atoms with Crippen molar-refractivity contribution >= 4 is 0 Å². The molecular formula is C11H21N2. The Kier molecular flexibility index (Phi) is 4.91. The molecule has 0 aromatic carbocycles. The number of unbranched alkanes of at least 4 members (excludes halogenated alkanes) is 2. The standard InChI is InChI=1S/C11H21N2/c1-3-5-6-9-13-11-7-10-12(13)8-4-2/h7,11H,1,3-6,8-10H2,2H3. The molecule has 0 aromatic heterocycles. The van der Waals surface area contributed by atoms with E-state index in [2.05, 4.69) is 36.1 Å². The van der Waals surface area contributed by atoms with E-state index in [9.17, 15) is 0 Å².